The van der Waals surface area contributed by atoms with E-state index in [1.807, 2.05) is 7.05 Å². The summed E-state index contributed by atoms with van der Waals surface area (Å²) in [5.74, 6) is 0.705. The van der Waals surface area contributed by atoms with Crippen molar-refractivity contribution in [1.82, 2.24) is 15.3 Å². The molecule has 0 aromatic carbocycles. The van der Waals surface area contributed by atoms with Gasteiger partial charge in [-0.15, -0.1) is 0 Å². The zero-order valence-electron chi connectivity index (χ0n) is 8.78. The standard InChI is InChI=1S/C10H15ClN4/c1-15(8-3-2-5-12-7-8)10-13-6-4-9(11)14-10/h4,6,8,12H,2-3,5,7H2,1H3. The molecule has 0 radical (unpaired) electrons. The molecule has 2 heterocycles. The number of likely N-dealkylation sites (N-methyl/N-ethyl adjacent to an activating group) is 1. The Morgan fingerprint density at radius 1 is 1.60 bits per heavy atom. The van der Waals surface area contributed by atoms with Gasteiger partial charge in [0.2, 0.25) is 5.95 Å². The second-order valence-corrected chi connectivity index (χ2v) is 4.18. The highest BCUT2D eigenvalue weighted by Crippen LogP contribution is 2.15. The average Bonchev–Trinajstić information content (AvgIpc) is 2.29. The topological polar surface area (TPSA) is 41.1 Å². The van der Waals surface area contributed by atoms with Gasteiger partial charge in [0.1, 0.15) is 5.15 Å². The van der Waals surface area contributed by atoms with Crippen molar-refractivity contribution in [2.24, 2.45) is 0 Å². The molecule has 1 atom stereocenters. The Balaban J connectivity index is 2.08. The number of aromatic nitrogens is 2. The molecule has 1 N–H and O–H groups in total. The Kier molecular flexibility index (Phi) is 3.38. The fourth-order valence-corrected chi connectivity index (χ4v) is 1.96. The lowest BCUT2D eigenvalue weighted by Gasteiger charge is -2.31. The van der Waals surface area contributed by atoms with Crippen LogP contribution in [0.2, 0.25) is 5.15 Å². The number of anilines is 1. The molecule has 2 rings (SSSR count). The molecule has 1 saturated heterocycles. The van der Waals surface area contributed by atoms with Crippen molar-refractivity contribution in [3.63, 3.8) is 0 Å². The molecule has 82 valence electrons. The third-order valence-corrected chi connectivity index (χ3v) is 2.95. The van der Waals surface area contributed by atoms with Gasteiger partial charge >= 0.3 is 0 Å². The summed E-state index contributed by atoms with van der Waals surface area (Å²) < 4.78 is 0. The molecule has 1 aliphatic rings. The van der Waals surface area contributed by atoms with Crippen LogP contribution >= 0.6 is 11.6 Å². The molecule has 1 aromatic rings. The van der Waals surface area contributed by atoms with Gasteiger partial charge in [-0.3, -0.25) is 0 Å². The monoisotopic (exact) mass is 226 g/mol. The smallest absolute Gasteiger partial charge is 0.226 e. The van der Waals surface area contributed by atoms with Crippen LogP contribution in [0, 0.1) is 0 Å². The van der Waals surface area contributed by atoms with Crippen molar-refractivity contribution in [2.75, 3.05) is 25.0 Å². The van der Waals surface area contributed by atoms with Crippen LogP contribution in [0.25, 0.3) is 0 Å². The van der Waals surface area contributed by atoms with Crippen molar-refractivity contribution >= 4 is 17.5 Å². The molecule has 15 heavy (non-hydrogen) atoms. The Hall–Kier alpha value is -0.870. The lowest BCUT2D eigenvalue weighted by Crippen LogP contribution is -2.44. The van der Waals surface area contributed by atoms with E-state index in [1.54, 1.807) is 12.3 Å². The number of piperidine rings is 1. The summed E-state index contributed by atoms with van der Waals surface area (Å²) in [5, 5.41) is 3.87. The quantitative estimate of drug-likeness (QED) is 0.773. The Morgan fingerprint density at radius 3 is 3.13 bits per heavy atom. The molecular weight excluding hydrogens is 212 g/mol. The minimum atomic E-state index is 0.470. The van der Waals surface area contributed by atoms with Gasteiger partial charge < -0.3 is 10.2 Å². The fraction of sp³-hybridized carbons (Fsp3) is 0.600. The van der Waals surface area contributed by atoms with Crippen molar-refractivity contribution in [1.29, 1.82) is 0 Å². The second-order valence-electron chi connectivity index (χ2n) is 3.79. The number of halogens is 1. The van der Waals surface area contributed by atoms with Crippen LogP contribution in [-0.2, 0) is 0 Å². The van der Waals surface area contributed by atoms with E-state index in [1.165, 1.54) is 12.8 Å². The van der Waals surface area contributed by atoms with E-state index >= 15 is 0 Å². The molecule has 1 fully saturated rings. The minimum Gasteiger partial charge on any atom is -0.340 e. The first-order chi connectivity index (χ1) is 7.27. The van der Waals surface area contributed by atoms with E-state index in [4.69, 9.17) is 11.6 Å². The predicted octanol–water partition coefficient (Wildman–Crippen LogP) is 1.32. The van der Waals surface area contributed by atoms with Crippen LogP contribution in [-0.4, -0.2) is 36.1 Å². The van der Waals surface area contributed by atoms with Gasteiger partial charge in [0, 0.05) is 25.8 Å². The van der Waals surface area contributed by atoms with E-state index < -0.39 is 0 Å². The van der Waals surface area contributed by atoms with E-state index in [0.717, 1.165) is 13.1 Å². The summed E-state index contributed by atoms with van der Waals surface area (Å²) in [7, 11) is 2.02. The Bertz CT molecular complexity index is 325. The summed E-state index contributed by atoms with van der Waals surface area (Å²) in [4.78, 5) is 10.5. The Morgan fingerprint density at radius 2 is 2.47 bits per heavy atom. The largest absolute Gasteiger partial charge is 0.340 e. The van der Waals surface area contributed by atoms with Crippen molar-refractivity contribution in [2.45, 2.75) is 18.9 Å². The van der Waals surface area contributed by atoms with Gasteiger partial charge in [-0.1, -0.05) is 11.6 Å². The second kappa shape index (κ2) is 4.77. The van der Waals surface area contributed by atoms with Crippen LogP contribution in [0.3, 0.4) is 0 Å². The molecule has 0 saturated carbocycles. The number of hydrogen-bond acceptors (Lipinski definition) is 4. The molecule has 0 aliphatic carbocycles. The van der Waals surface area contributed by atoms with Gasteiger partial charge in [-0.2, -0.15) is 0 Å². The molecule has 0 spiro atoms. The van der Waals surface area contributed by atoms with Gasteiger partial charge in [0.15, 0.2) is 0 Å². The molecule has 1 aromatic heterocycles. The summed E-state index contributed by atoms with van der Waals surface area (Å²) in [6.45, 7) is 2.10. The summed E-state index contributed by atoms with van der Waals surface area (Å²) in [6.07, 6.45) is 4.08. The maximum absolute atomic E-state index is 5.83. The molecule has 1 unspecified atom stereocenters. The van der Waals surface area contributed by atoms with Crippen molar-refractivity contribution in [3.8, 4) is 0 Å². The molecule has 0 amide bonds. The maximum atomic E-state index is 5.83. The van der Waals surface area contributed by atoms with Gasteiger partial charge in [0.05, 0.1) is 0 Å². The average molecular weight is 227 g/mol. The first kappa shape index (κ1) is 10.6. The summed E-state index contributed by atoms with van der Waals surface area (Å²) in [5.41, 5.74) is 0. The summed E-state index contributed by atoms with van der Waals surface area (Å²) >= 11 is 5.83. The number of hydrogen-bond donors (Lipinski definition) is 1. The van der Waals surface area contributed by atoms with Crippen LogP contribution in [0.4, 0.5) is 5.95 Å². The maximum Gasteiger partial charge on any atom is 0.226 e. The van der Waals surface area contributed by atoms with Crippen LogP contribution in [0.1, 0.15) is 12.8 Å². The molecular formula is C10H15ClN4. The zero-order valence-corrected chi connectivity index (χ0v) is 9.54. The highest BCUT2D eigenvalue weighted by molar-refractivity contribution is 6.29. The molecule has 0 bridgehead atoms. The van der Waals surface area contributed by atoms with E-state index in [0.29, 0.717) is 17.1 Å². The zero-order chi connectivity index (χ0) is 10.7. The normalized spacial score (nSPS) is 21.3. The van der Waals surface area contributed by atoms with Gasteiger partial charge in [-0.05, 0) is 25.5 Å². The van der Waals surface area contributed by atoms with Crippen LogP contribution < -0.4 is 10.2 Å². The number of nitrogens with one attached hydrogen (secondary N) is 1. The first-order valence-electron chi connectivity index (χ1n) is 5.19. The SMILES string of the molecule is CN(c1nccc(Cl)n1)C1CCCNC1. The first-order valence-corrected chi connectivity index (χ1v) is 5.57. The third-order valence-electron chi connectivity index (χ3n) is 2.74. The number of rotatable bonds is 2. The van der Waals surface area contributed by atoms with Crippen LogP contribution in [0.15, 0.2) is 12.3 Å². The van der Waals surface area contributed by atoms with Crippen molar-refractivity contribution in [3.05, 3.63) is 17.4 Å². The minimum absolute atomic E-state index is 0.470. The van der Waals surface area contributed by atoms with E-state index in [-0.39, 0.29) is 0 Å². The highest BCUT2D eigenvalue weighted by Gasteiger charge is 2.19. The van der Waals surface area contributed by atoms with Gasteiger partial charge in [-0.25, -0.2) is 9.97 Å². The van der Waals surface area contributed by atoms with Crippen molar-refractivity contribution < 1.29 is 0 Å². The lowest BCUT2D eigenvalue weighted by molar-refractivity contribution is 0.441. The molecule has 4 nitrogen and oxygen atoms in total. The third kappa shape index (κ3) is 2.58. The van der Waals surface area contributed by atoms with E-state index in [2.05, 4.69) is 20.2 Å². The fourth-order valence-electron chi connectivity index (χ4n) is 1.82. The summed E-state index contributed by atoms with van der Waals surface area (Å²) in [6, 6.07) is 2.16. The number of nitrogens with zero attached hydrogens (tertiary/aromatic N) is 3. The van der Waals surface area contributed by atoms with Gasteiger partial charge in [0.25, 0.3) is 0 Å². The Labute approximate surface area is 94.7 Å². The highest BCUT2D eigenvalue weighted by atomic mass is 35.5. The van der Waals surface area contributed by atoms with Crippen LogP contribution in [0.5, 0.6) is 0 Å². The molecule has 5 heteroatoms. The lowest BCUT2D eigenvalue weighted by atomic mass is 10.1. The predicted molar refractivity (Wildman–Crippen MR) is 61.3 cm³/mol. The van der Waals surface area contributed by atoms with E-state index in [9.17, 15) is 0 Å². The molecule has 1 aliphatic heterocycles.